The molecule has 22 heavy (non-hydrogen) atoms. The first-order chi connectivity index (χ1) is 11.5. The number of unbranched alkanes of at least 4 members (excludes halogenated alkanes) is 2. The van der Waals surface area contributed by atoms with Gasteiger partial charge in [0.2, 0.25) is 0 Å². The van der Waals surface area contributed by atoms with Gasteiger partial charge in [-0.1, -0.05) is 68.4 Å². The molecule has 0 rings (SSSR count). The van der Waals surface area contributed by atoms with Crippen molar-refractivity contribution in [2.75, 3.05) is 0 Å². The van der Waals surface area contributed by atoms with Crippen LogP contribution in [0.25, 0.3) is 0 Å². The first kappa shape index (κ1) is 16.8. The average Bonchev–Trinajstić information content (AvgIpc) is 2.53. The minimum absolute atomic E-state index is 0.236. The molecule has 0 aliphatic rings. The highest BCUT2D eigenvalue weighted by Crippen LogP contribution is 2.01. The van der Waals surface area contributed by atoms with Crippen molar-refractivity contribution in [2.45, 2.75) is 71.1 Å². The first-order valence-corrected chi connectivity index (χ1v) is 8.32. The first-order valence-electron chi connectivity index (χ1n) is 9.32. The van der Waals surface area contributed by atoms with Gasteiger partial charge in [-0.3, -0.25) is 4.79 Å². The van der Waals surface area contributed by atoms with Gasteiger partial charge >= 0.3 is 5.97 Å². The third-order valence-corrected chi connectivity index (χ3v) is 2.99. The number of aliphatic carboxylic acids is 1. The SMILES string of the molecule is [2H]C([2H])(/C=C\C/C=C\C/C=C\C/C=C\CCCC(=O)O)CCCC. The van der Waals surface area contributed by atoms with Crippen LogP contribution in [0.2, 0.25) is 0 Å². The number of rotatable bonds is 14. The van der Waals surface area contributed by atoms with Crippen LogP contribution in [0.3, 0.4) is 0 Å². The molecule has 0 bridgehead atoms. The van der Waals surface area contributed by atoms with E-state index >= 15 is 0 Å². The van der Waals surface area contributed by atoms with Crippen molar-refractivity contribution in [1.82, 2.24) is 0 Å². The van der Waals surface area contributed by atoms with Gasteiger partial charge in [0.25, 0.3) is 0 Å². The molecule has 124 valence electrons. The Morgan fingerprint density at radius 2 is 1.41 bits per heavy atom. The fourth-order valence-corrected chi connectivity index (χ4v) is 1.72. The van der Waals surface area contributed by atoms with Crippen molar-refractivity contribution < 1.29 is 12.6 Å². The van der Waals surface area contributed by atoms with E-state index in [-0.39, 0.29) is 6.42 Å². The fourth-order valence-electron chi connectivity index (χ4n) is 1.72. The highest BCUT2D eigenvalue weighted by atomic mass is 16.4. The second kappa shape index (κ2) is 17.5. The monoisotopic (exact) mass is 306 g/mol. The summed E-state index contributed by atoms with van der Waals surface area (Å²) in [5, 5.41) is 8.50. The summed E-state index contributed by atoms with van der Waals surface area (Å²) in [6, 6.07) is 0. The number of hydrogen-bond acceptors (Lipinski definition) is 1. The van der Waals surface area contributed by atoms with Crippen LogP contribution in [0, 0.1) is 0 Å². The van der Waals surface area contributed by atoms with Gasteiger partial charge in [0.05, 0.1) is 0 Å². The summed E-state index contributed by atoms with van der Waals surface area (Å²) in [5.41, 5.74) is 0. The zero-order valence-electron chi connectivity index (χ0n) is 15.8. The molecule has 2 heteroatoms. The Morgan fingerprint density at radius 3 is 1.95 bits per heavy atom. The van der Waals surface area contributed by atoms with E-state index in [2.05, 4.69) is 37.3 Å². The summed E-state index contributed by atoms with van der Waals surface area (Å²) < 4.78 is 15.6. The van der Waals surface area contributed by atoms with Crippen molar-refractivity contribution in [1.29, 1.82) is 0 Å². The summed E-state index contributed by atoms with van der Waals surface area (Å²) in [4.78, 5) is 10.3. The van der Waals surface area contributed by atoms with E-state index in [9.17, 15) is 4.79 Å². The number of allylic oxidation sites excluding steroid dienone is 8. The molecular weight excluding hydrogens is 272 g/mol. The van der Waals surface area contributed by atoms with Gasteiger partial charge in [0, 0.05) is 9.16 Å². The maximum atomic E-state index is 10.3. The Bertz CT molecular complexity index is 435. The third kappa shape index (κ3) is 18.4. The molecule has 0 spiro atoms. The van der Waals surface area contributed by atoms with E-state index in [1.807, 2.05) is 12.2 Å². The molecule has 1 N–H and O–H groups in total. The van der Waals surface area contributed by atoms with Gasteiger partial charge in [-0.2, -0.15) is 0 Å². The van der Waals surface area contributed by atoms with Crippen molar-refractivity contribution >= 4 is 5.97 Å². The maximum absolute atomic E-state index is 10.3. The largest absolute Gasteiger partial charge is 0.481 e. The van der Waals surface area contributed by atoms with Gasteiger partial charge in [-0.15, -0.1) is 0 Å². The molecule has 0 amide bonds. The van der Waals surface area contributed by atoms with Crippen LogP contribution in [-0.2, 0) is 4.79 Å². The average molecular weight is 306 g/mol. The summed E-state index contributed by atoms with van der Waals surface area (Å²) in [6.07, 6.45) is 21.6. The molecule has 0 saturated heterocycles. The summed E-state index contributed by atoms with van der Waals surface area (Å²) in [6.45, 7) is 2.07. The Morgan fingerprint density at radius 1 is 0.864 bits per heavy atom. The molecule has 0 aromatic rings. The van der Waals surface area contributed by atoms with Gasteiger partial charge in [-0.25, -0.2) is 0 Å². The minimum atomic E-state index is -1.18. The van der Waals surface area contributed by atoms with E-state index in [4.69, 9.17) is 7.85 Å². The van der Waals surface area contributed by atoms with Crippen LogP contribution in [0.4, 0.5) is 0 Å². The lowest BCUT2D eigenvalue weighted by Crippen LogP contribution is -1.92. The van der Waals surface area contributed by atoms with Crippen LogP contribution in [0.1, 0.15) is 73.8 Å². The molecule has 0 aromatic heterocycles. The Labute approximate surface area is 139 Å². The molecule has 0 fully saturated rings. The molecule has 0 aromatic carbocycles. The molecule has 0 unspecified atom stereocenters. The van der Waals surface area contributed by atoms with E-state index in [0.717, 1.165) is 38.5 Å². The second-order valence-electron chi connectivity index (χ2n) is 5.12. The molecule has 2 nitrogen and oxygen atoms in total. The van der Waals surface area contributed by atoms with Crippen molar-refractivity contribution in [3.63, 3.8) is 0 Å². The smallest absolute Gasteiger partial charge is 0.303 e. The lowest BCUT2D eigenvalue weighted by molar-refractivity contribution is -0.137. The topological polar surface area (TPSA) is 37.3 Å². The molecule has 0 radical (unpaired) electrons. The molecule has 0 aliphatic heterocycles. The predicted molar refractivity (Wildman–Crippen MR) is 96.0 cm³/mol. The fraction of sp³-hybridized carbons (Fsp3) is 0.550. The van der Waals surface area contributed by atoms with E-state index in [0.29, 0.717) is 12.8 Å². The highest BCUT2D eigenvalue weighted by Gasteiger charge is 1.92. The quantitative estimate of drug-likeness (QED) is 0.306. The second-order valence-corrected chi connectivity index (χ2v) is 5.12. The van der Waals surface area contributed by atoms with Crippen molar-refractivity contribution in [3.8, 4) is 0 Å². The van der Waals surface area contributed by atoms with Crippen LogP contribution < -0.4 is 0 Å². The zero-order valence-corrected chi connectivity index (χ0v) is 13.8. The Balaban J connectivity index is 3.67. The van der Waals surface area contributed by atoms with Gasteiger partial charge < -0.3 is 5.11 Å². The number of hydrogen-bond donors (Lipinski definition) is 1. The summed E-state index contributed by atoms with van der Waals surface area (Å²) in [5.74, 6) is -0.734. The van der Waals surface area contributed by atoms with Crippen LogP contribution in [0.5, 0.6) is 0 Å². The van der Waals surface area contributed by atoms with Gasteiger partial charge in [0.1, 0.15) is 0 Å². The Hall–Kier alpha value is -1.57. The number of carbonyl (C=O) groups is 1. The van der Waals surface area contributed by atoms with Crippen molar-refractivity contribution in [3.05, 3.63) is 48.6 Å². The molecule has 0 aliphatic carbocycles. The predicted octanol–water partition coefficient (Wildman–Crippen LogP) is 6.22. The number of carboxylic acid groups (broad SMARTS) is 1. The third-order valence-electron chi connectivity index (χ3n) is 2.99. The lowest BCUT2D eigenvalue weighted by atomic mass is 10.2. The van der Waals surface area contributed by atoms with Crippen LogP contribution in [0.15, 0.2) is 48.6 Å². The maximum Gasteiger partial charge on any atom is 0.303 e. The molecule has 0 heterocycles. The van der Waals surface area contributed by atoms with Gasteiger partial charge in [-0.05, 0) is 44.9 Å². The summed E-state index contributed by atoms with van der Waals surface area (Å²) >= 11 is 0. The number of carboxylic acids is 1. The minimum Gasteiger partial charge on any atom is -0.481 e. The normalized spacial score (nSPS) is 14.4. The Kier molecular flexibility index (Phi) is 13.3. The van der Waals surface area contributed by atoms with E-state index in [1.165, 1.54) is 0 Å². The summed E-state index contributed by atoms with van der Waals surface area (Å²) in [7, 11) is 0. The molecular formula is C20H32O2. The van der Waals surface area contributed by atoms with E-state index in [1.54, 1.807) is 6.08 Å². The molecule has 0 atom stereocenters. The lowest BCUT2D eigenvalue weighted by Gasteiger charge is -1.90. The zero-order chi connectivity index (χ0) is 18.1. The highest BCUT2D eigenvalue weighted by molar-refractivity contribution is 5.66. The molecule has 0 saturated carbocycles. The van der Waals surface area contributed by atoms with Crippen LogP contribution in [-0.4, -0.2) is 11.1 Å². The van der Waals surface area contributed by atoms with E-state index < -0.39 is 12.3 Å². The van der Waals surface area contributed by atoms with Crippen molar-refractivity contribution in [2.24, 2.45) is 0 Å². The van der Waals surface area contributed by atoms with Crippen LogP contribution >= 0.6 is 0 Å². The standard InChI is InChI=1S/C20H32O2/c1-2-3-4-5-6-7-8-9-10-11-12-13-14-15-16-17-18-19-20(21)22/h6-7,9-10,12-13,15-16H,2-5,8,11,14,17-19H2,1H3,(H,21,22)/b7-6-,10-9-,13-12-,16-15-/i5D2. The van der Waals surface area contributed by atoms with Gasteiger partial charge in [0.15, 0.2) is 0 Å².